The van der Waals surface area contributed by atoms with Crippen LogP contribution in [0.5, 0.6) is 0 Å². The minimum absolute atomic E-state index is 0.101. The number of pyridine rings is 1. The van der Waals surface area contributed by atoms with E-state index in [0.717, 1.165) is 20.7 Å². The van der Waals surface area contributed by atoms with Gasteiger partial charge in [-0.15, -0.1) is 11.8 Å². The summed E-state index contributed by atoms with van der Waals surface area (Å²) < 4.78 is 28.6. The zero-order valence-corrected chi connectivity index (χ0v) is 23.1. The molecular formula is C28H24N4O3S3. The Labute approximate surface area is 229 Å². The fourth-order valence-electron chi connectivity index (χ4n) is 3.90. The van der Waals surface area contributed by atoms with Crippen LogP contribution in [-0.4, -0.2) is 37.6 Å². The number of hydrogen-bond donors (Lipinski definition) is 0. The molecule has 192 valence electrons. The van der Waals surface area contributed by atoms with E-state index >= 15 is 0 Å². The summed E-state index contributed by atoms with van der Waals surface area (Å²) in [5.74, 6) is -0.279. The van der Waals surface area contributed by atoms with Crippen LogP contribution in [0.4, 0.5) is 10.8 Å². The third-order valence-electron chi connectivity index (χ3n) is 6.00. The Morgan fingerprint density at radius 3 is 2.42 bits per heavy atom. The third kappa shape index (κ3) is 5.28. The van der Waals surface area contributed by atoms with Crippen molar-refractivity contribution >= 4 is 60.1 Å². The molecule has 5 rings (SSSR count). The maximum absolute atomic E-state index is 13.8. The van der Waals surface area contributed by atoms with Crippen LogP contribution >= 0.6 is 23.1 Å². The zero-order valence-electron chi connectivity index (χ0n) is 20.7. The minimum Gasteiger partial charge on any atom is -0.279 e. The smallest absolute Gasteiger partial charge is 0.264 e. The van der Waals surface area contributed by atoms with Gasteiger partial charge in [-0.1, -0.05) is 35.6 Å². The lowest BCUT2D eigenvalue weighted by molar-refractivity contribution is 0.0985. The lowest BCUT2D eigenvalue weighted by atomic mass is 10.2. The average Bonchev–Trinajstić information content (AvgIpc) is 3.39. The van der Waals surface area contributed by atoms with Crippen molar-refractivity contribution in [3.05, 3.63) is 108 Å². The highest BCUT2D eigenvalue weighted by Gasteiger charge is 2.25. The molecule has 0 fully saturated rings. The van der Waals surface area contributed by atoms with E-state index in [1.807, 2.05) is 36.6 Å². The summed E-state index contributed by atoms with van der Waals surface area (Å²) in [6, 6.07) is 24.6. The second-order valence-corrected chi connectivity index (χ2v) is 12.3. The third-order valence-corrected chi connectivity index (χ3v) is 9.57. The van der Waals surface area contributed by atoms with E-state index in [2.05, 4.69) is 11.1 Å². The highest BCUT2D eigenvalue weighted by atomic mass is 32.2. The summed E-state index contributed by atoms with van der Waals surface area (Å²) in [6.07, 6.45) is 5.42. The van der Waals surface area contributed by atoms with Gasteiger partial charge in [0.1, 0.15) is 0 Å². The molecule has 2 heterocycles. The molecule has 0 unspecified atom stereocenters. The molecule has 0 spiro atoms. The van der Waals surface area contributed by atoms with Crippen LogP contribution in [0.25, 0.3) is 10.2 Å². The van der Waals surface area contributed by atoms with Crippen molar-refractivity contribution in [2.75, 3.05) is 22.5 Å². The molecule has 0 atom stereocenters. The van der Waals surface area contributed by atoms with Gasteiger partial charge in [0.05, 0.1) is 27.3 Å². The first-order chi connectivity index (χ1) is 18.4. The molecular weight excluding hydrogens is 537 g/mol. The van der Waals surface area contributed by atoms with Crippen LogP contribution in [0.15, 0.2) is 107 Å². The Morgan fingerprint density at radius 2 is 1.74 bits per heavy atom. The van der Waals surface area contributed by atoms with Crippen LogP contribution in [-0.2, 0) is 16.6 Å². The summed E-state index contributed by atoms with van der Waals surface area (Å²) in [6.45, 7) is 0.276. The van der Waals surface area contributed by atoms with Crippen molar-refractivity contribution in [3.63, 3.8) is 0 Å². The number of amides is 1. The predicted octanol–water partition coefficient (Wildman–Crippen LogP) is 6.09. The Balaban J connectivity index is 1.47. The first-order valence-corrected chi connectivity index (χ1v) is 15.1. The largest absolute Gasteiger partial charge is 0.279 e. The number of carbonyl (C=O) groups is 1. The van der Waals surface area contributed by atoms with E-state index in [1.54, 1.807) is 65.5 Å². The van der Waals surface area contributed by atoms with Gasteiger partial charge in [0.25, 0.3) is 15.9 Å². The highest BCUT2D eigenvalue weighted by Crippen LogP contribution is 2.33. The second kappa shape index (κ2) is 10.9. The van der Waals surface area contributed by atoms with Crippen LogP contribution in [0.3, 0.4) is 0 Å². The minimum atomic E-state index is -3.79. The number of nitrogens with zero attached hydrogens (tertiary/aromatic N) is 4. The van der Waals surface area contributed by atoms with Gasteiger partial charge in [-0.25, -0.2) is 13.4 Å². The number of carbonyl (C=O) groups excluding carboxylic acids is 1. The van der Waals surface area contributed by atoms with Crippen LogP contribution in [0.1, 0.15) is 15.9 Å². The van der Waals surface area contributed by atoms with E-state index in [0.29, 0.717) is 16.4 Å². The SMILES string of the molecule is CSc1ccc2nc(N(Cc3cccnc3)C(=O)c3ccc(S(=O)(=O)N(C)c4ccccc4)cc3)sc2c1. The number of hydrogen-bond acceptors (Lipinski definition) is 7. The van der Waals surface area contributed by atoms with Crippen molar-refractivity contribution in [1.29, 1.82) is 0 Å². The number of rotatable bonds is 8. The summed E-state index contributed by atoms with van der Waals surface area (Å²) in [5.41, 5.74) is 2.58. The van der Waals surface area contributed by atoms with E-state index in [-0.39, 0.29) is 17.3 Å². The van der Waals surface area contributed by atoms with Gasteiger partial charge >= 0.3 is 0 Å². The Morgan fingerprint density at radius 1 is 0.974 bits per heavy atom. The molecule has 1 amide bonds. The van der Waals surface area contributed by atoms with Crippen molar-refractivity contribution in [1.82, 2.24) is 9.97 Å². The van der Waals surface area contributed by atoms with Gasteiger partial charge in [0.15, 0.2) is 5.13 Å². The summed E-state index contributed by atoms with van der Waals surface area (Å²) in [7, 11) is -2.28. The maximum Gasteiger partial charge on any atom is 0.264 e. The molecule has 0 aliphatic rings. The first-order valence-electron chi connectivity index (χ1n) is 11.7. The lowest BCUT2D eigenvalue weighted by Gasteiger charge is -2.21. The predicted molar refractivity (Wildman–Crippen MR) is 155 cm³/mol. The molecule has 10 heteroatoms. The van der Waals surface area contributed by atoms with Crippen molar-refractivity contribution in [2.24, 2.45) is 0 Å². The Bertz CT molecular complexity index is 1670. The van der Waals surface area contributed by atoms with Gasteiger partial charge in [-0.3, -0.25) is 19.0 Å². The molecule has 0 saturated heterocycles. The molecule has 5 aromatic rings. The van der Waals surface area contributed by atoms with Crippen molar-refractivity contribution < 1.29 is 13.2 Å². The molecule has 0 aliphatic carbocycles. The fraction of sp³-hybridized carbons (Fsp3) is 0.107. The summed E-state index contributed by atoms with van der Waals surface area (Å²) in [5, 5.41) is 0.563. The molecule has 2 aromatic heterocycles. The highest BCUT2D eigenvalue weighted by molar-refractivity contribution is 7.98. The van der Waals surface area contributed by atoms with E-state index < -0.39 is 10.0 Å². The number of sulfonamides is 1. The number of thiazole rings is 1. The monoisotopic (exact) mass is 560 g/mol. The second-order valence-electron chi connectivity index (χ2n) is 8.42. The Hall–Kier alpha value is -3.73. The van der Waals surface area contributed by atoms with Crippen molar-refractivity contribution in [3.8, 4) is 0 Å². The van der Waals surface area contributed by atoms with Gasteiger partial charge < -0.3 is 0 Å². The summed E-state index contributed by atoms with van der Waals surface area (Å²) in [4.78, 5) is 25.5. The molecule has 3 aromatic carbocycles. The molecule has 0 bridgehead atoms. The van der Waals surface area contributed by atoms with E-state index in [9.17, 15) is 13.2 Å². The van der Waals surface area contributed by atoms with E-state index in [4.69, 9.17) is 4.98 Å². The molecule has 0 saturated carbocycles. The zero-order chi connectivity index (χ0) is 26.7. The number of thioether (sulfide) groups is 1. The number of aromatic nitrogens is 2. The first kappa shape index (κ1) is 25.9. The summed E-state index contributed by atoms with van der Waals surface area (Å²) >= 11 is 3.09. The van der Waals surface area contributed by atoms with Gasteiger partial charge in [-0.05, 0) is 72.5 Å². The van der Waals surface area contributed by atoms with Crippen LogP contribution in [0.2, 0.25) is 0 Å². The number of benzene rings is 3. The number of anilines is 2. The van der Waals surface area contributed by atoms with Gasteiger partial charge in [-0.2, -0.15) is 0 Å². The van der Waals surface area contributed by atoms with Crippen LogP contribution in [0, 0.1) is 0 Å². The fourth-order valence-corrected chi connectivity index (χ4v) is 6.61. The molecule has 0 N–H and O–H groups in total. The van der Waals surface area contributed by atoms with E-state index in [1.165, 1.54) is 34.8 Å². The average molecular weight is 561 g/mol. The number of para-hydroxylation sites is 1. The maximum atomic E-state index is 13.8. The van der Waals surface area contributed by atoms with Crippen LogP contribution < -0.4 is 9.21 Å². The molecule has 38 heavy (non-hydrogen) atoms. The Kier molecular flexibility index (Phi) is 7.46. The standard InChI is InChI=1S/C28H24N4O3S3/c1-31(22-8-4-3-5-9-22)38(34,35)24-13-10-21(11-14-24)27(33)32(19-20-7-6-16-29-18-20)28-30-25-15-12-23(36-2)17-26(25)37-28/h3-18H,19H2,1-2H3. The lowest BCUT2D eigenvalue weighted by Crippen LogP contribution is -2.30. The number of fused-ring (bicyclic) bond motifs is 1. The van der Waals surface area contributed by atoms with Crippen molar-refractivity contribution in [2.45, 2.75) is 16.3 Å². The molecule has 0 radical (unpaired) electrons. The molecule has 7 nitrogen and oxygen atoms in total. The normalized spacial score (nSPS) is 11.4. The molecule has 0 aliphatic heterocycles. The van der Waals surface area contributed by atoms with Gasteiger partial charge in [0, 0.05) is 29.9 Å². The van der Waals surface area contributed by atoms with Gasteiger partial charge in [0.2, 0.25) is 0 Å². The topological polar surface area (TPSA) is 83.5 Å². The quantitative estimate of drug-likeness (QED) is 0.214.